The van der Waals surface area contributed by atoms with Crippen molar-refractivity contribution < 1.29 is 28.7 Å². The van der Waals surface area contributed by atoms with Crippen LogP contribution in [0.5, 0.6) is 0 Å². The van der Waals surface area contributed by atoms with Crippen molar-refractivity contribution in [2.24, 2.45) is 5.92 Å². The van der Waals surface area contributed by atoms with Gasteiger partial charge in [-0.25, -0.2) is 14.6 Å². The lowest BCUT2D eigenvalue weighted by atomic mass is 10.0. The molecule has 2 aromatic carbocycles. The van der Waals surface area contributed by atoms with Gasteiger partial charge in [-0.05, 0) is 57.7 Å². The molecule has 0 saturated carbocycles. The summed E-state index contributed by atoms with van der Waals surface area (Å²) in [5.74, 6) is -1.24. The molecular weight excluding hydrogens is 568 g/mol. The van der Waals surface area contributed by atoms with Crippen molar-refractivity contribution in [3.05, 3.63) is 71.2 Å². The first kappa shape index (κ1) is 33.3. The molecule has 230 valence electrons. The highest BCUT2D eigenvalue weighted by atomic mass is 32.1. The summed E-state index contributed by atoms with van der Waals surface area (Å²) in [5, 5.41) is 10.5. The molecule has 1 aromatic heterocycles. The predicted molar refractivity (Wildman–Crippen MR) is 167 cm³/mol. The molecule has 0 radical (unpaired) electrons. The first-order valence-electron chi connectivity index (χ1n) is 14.2. The number of amides is 3. The molecule has 0 spiro atoms. The van der Waals surface area contributed by atoms with Gasteiger partial charge >= 0.3 is 12.1 Å². The second-order valence-corrected chi connectivity index (χ2v) is 12.3. The van der Waals surface area contributed by atoms with Crippen molar-refractivity contribution >= 4 is 40.9 Å². The Morgan fingerprint density at radius 3 is 2.33 bits per heavy atom. The van der Waals surface area contributed by atoms with E-state index in [0.29, 0.717) is 22.7 Å². The Hall–Kier alpha value is -4.25. The molecule has 0 fully saturated rings. The number of carbonyl (C=O) groups excluding carboxylic acids is 4. The highest BCUT2D eigenvalue weighted by Gasteiger charge is 2.26. The van der Waals surface area contributed by atoms with Crippen LogP contribution in [-0.4, -0.2) is 53.2 Å². The van der Waals surface area contributed by atoms with E-state index in [0.717, 1.165) is 5.56 Å². The van der Waals surface area contributed by atoms with Crippen LogP contribution < -0.4 is 16.0 Å². The second-order valence-electron chi connectivity index (χ2n) is 11.4. The fraction of sp³-hybridized carbons (Fsp3) is 0.406. The maximum atomic E-state index is 13.1. The van der Waals surface area contributed by atoms with E-state index in [1.165, 1.54) is 11.3 Å². The van der Waals surface area contributed by atoms with Gasteiger partial charge in [-0.1, -0.05) is 56.3 Å². The molecule has 3 N–H and O–H groups in total. The van der Waals surface area contributed by atoms with E-state index in [1.54, 1.807) is 51.3 Å². The normalized spacial score (nSPS) is 12.6. The van der Waals surface area contributed by atoms with Gasteiger partial charge in [0.15, 0.2) is 0 Å². The number of ether oxygens (including phenoxy) is 2. The topological polar surface area (TPSA) is 136 Å². The molecule has 0 saturated heterocycles. The van der Waals surface area contributed by atoms with Gasteiger partial charge in [0.25, 0.3) is 5.91 Å². The summed E-state index contributed by atoms with van der Waals surface area (Å²) in [6.07, 6.45) is 0.0435. The molecule has 0 bridgehead atoms. The molecule has 0 aliphatic heterocycles. The standard InChI is InChI=1S/C32H40N4O6S/c1-7-41-30(39)25(17-21-12-9-8-10-13-21)34-28(38)26-19-43-29(35-26)22-14-11-15-23(18-22)33-27(37)24(16-20(2)3)36-31(40)42-32(4,5)6/h8-15,18-20,24-25H,7,16-17H2,1-6H3,(H,33,37)(H,34,38)(H,36,40)/t24-,25-/m0/s1. The highest BCUT2D eigenvalue weighted by molar-refractivity contribution is 7.13. The summed E-state index contributed by atoms with van der Waals surface area (Å²) in [4.78, 5) is 55.6. The molecule has 3 aromatic rings. The molecule has 3 amide bonds. The molecule has 1 heterocycles. The third kappa shape index (κ3) is 10.8. The highest BCUT2D eigenvalue weighted by Crippen LogP contribution is 2.26. The van der Waals surface area contributed by atoms with Crippen LogP contribution in [0.15, 0.2) is 60.0 Å². The van der Waals surface area contributed by atoms with Gasteiger partial charge in [0, 0.05) is 23.1 Å². The number of benzene rings is 2. The van der Waals surface area contributed by atoms with Gasteiger partial charge in [-0.3, -0.25) is 9.59 Å². The van der Waals surface area contributed by atoms with Crippen molar-refractivity contribution in [2.45, 2.75) is 72.1 Å². The number of carbonyl (C=O) groups is 4. The van der Waals surface area contributed by atoms with Crippen molar-refractivity contribution in [3.63, 3.8) is 0 Å². The molecular formula is C32H40N4O6S. The molecule has 10 nitrogen and oxygen atoms in total. The number of hydrogen-bond donors (Lipinski definition) is 3. The minimum absolute atomic E-state index is 0.146. The fourth-order valence-corrected chi connectivity index (χ4v) is 4.94. The molecule has 11 heteroatoms. The zero-order chi connectivity index (χ0) is 31.6. The predicted octanol–water partition coefficient (Wildman–Crippen LogP) is 5.59. The van der Waals surface area contributed by atoms with Crippen LogP contribution in [0.25, 0.3) is 10.6 Å². The Morgan fingerprint density at radius 2 is 1.67 bits per heavy atom. The van der Waals surface area contributed by atoms with Crippen LogP contribution in [0.2, 0.25) is 0 Å². The first-order chi connectivity index (χ1) is 20.3. The molecule has 0 aliphatic carbocycles. The Kier molecular flexibility index (Phi) is 11.8. The van der Waals surface area contributed by atoms with Gasteiger partial charge in [-0.2, -0.15) is 0 Å². The lowest BCUT2D eigenvalue weighted by Crippen LogP contribution is -2.46. The SMILES string of the molecule is CCOC(=O)[C@H](Cc1ccccc1)NC(=O)c1csc(-c2cccc(NC(=O)[C@H](CC(C)C)NC(=O)OC(C)(C)C)c2)n1. The molecule has 0 unspecified atom stereocenters. The number of esters is 1. The number of aromatic nitrogens is 1. The van der Waals surface area contributed by atoms with Crippen molar-refractivity contribution in [1.82, 2.24) is 15.6 Å². The number of rotatable bonds is 12. The molecule has 2 atom stereocenters. The summed E-state index contributed by atoms with van der Waals surface area (Å²) in [7, 11) is 0. The van der Waals surface area contributed by atoms with E-state index in [4.69, 9.17) is 9.47 Å². The Morgan fingerprint density at radius 1 is 0.953 bits per heavy atom. The van der Waals surface area contributed by atoms with E-state index < -0.39 is 35.7 Å². The van der Waals surface area contributed by atoms with Crippen LogP contribution in [0, 0.1) is 5.92 Å². The largest absolute Gasteiger partial charge is 0.464 e. The third-order valence-corrected chi connectivity index (χ3v) is 6.88. The summed E-state index contributed by atoms with van der Waals surface area (Å²) in [6.45, 7) is 11.1. The van der Waals surface area contributed by atoms with E-state index in [-0.39, 0.29) is 30.5 Å². The number of thiazole rings is 1. The molecule has 3 rings (SSSR count). The number of nitrogens with zero attached hydrogens (tertiary/aromatic N) is 1. The van der Waals surface area contributed by atoms with E-state index >= 15 is 0 Å². The summed E-state index contributed by atoms with van der Waals surface area (Å²) in [6, 6.07) is 14.8. The maximum Gasteiger partial charge on any atom is 0.408 e. The van der Waals surface area contributed by atoms with Gasteiger partial charge in [-0.15, -0.1) is 11.3 Å². The second kappa shape index (κ2) is 15.3. The minimum Gasteiger partial charge on any atom is -0.464 e. The van der Waals surface area contributed by atoms with Crippen LogP contribution in [0.4, 0.5) is 10.5 Å². The first-order valence-corrected chi connectivity index (χ1v) is 15.1. The van der Waals surface area contributed by atoms with Crippen molar-refractivity contribution in [3.8, 4) is 10.6 Å². The summed E-state index contributed by atoms with van der Waals surface area (Å²) >= 11 is 1.26. The fourth-order valence-electron chi connectivity index (χ4n) is 4.14. The minimum atomic E-state index is -0.869. The zero-order valence-electron chi connectivity index (χ0n) is 25.4. The molecule has 43 heavy (non-hydrogen) atoms. The summed E-state index contributed by atoms with van der Waals surface area (Å²) in [5.41, 5.74) is 1.55. The van der Waals surface area contributed by atoms with E-state index in [1.807, 2.05) is 50.2 Å². The van der Waals surface area contributed by atoms with Crippen molar-refractivity contribution in [1.29, 1.82) is 0 Å². The maximum absolute atomic E-state index is 13.1. The van der Waals surface area contributed by atoms with Gasteiger partial charge in [0.05, 0.1) is 6.61 Å². The van der Waals surface area contributed by atoms with Gasteiger partial charge in [0.2, 0.25) is 5.91 Å². The smallest absolute Gasteiger partial charge is 0.408 e. The van der Waals surface area contributed by atoms with Crippen LogP contribution in [0.3, 0.4) is 0 Å². The van der Waals surface area contributed by atoms with Gasteiger partial charge in [0.1, 0.15) is 28.4 Å². The van der Waals surface area contributed by atoms with Crippen molar-refractivity contribution in [2.75, 3.05) is 11.9 Å². The van der Waals surface area contributed by atoms with Crippen LogP contribution >= 0.6 is 11.3 Å². The van der Waals surface area contributed by atoms with E-state index in [2.05, 4.69) is 20.9 Å². The average molecular weight is 609 g/mol. The number of alkyl carbamates (subject to hydrolysis) is 1. The van der Waals surface area contributed by atoms with Crippen LogP contribution in [0.1, 0.15) is 64.0 Å². The lowest BCUT2D eigenvalue weighted by Gasteiger charge is -2.24. The summed E-state index contributed by atoms with van der Waals surface area (Å²) < 4.78 is 10.5. The van der Waals surface area contributed by atoms with Gasteiger partial charge < -0.3 is 25.4 Å². The lowest BCUT2D eigenvalue weighted by molar-refractivity contribution is -0.145. The van der Waals surface area contributed by atoms with E-state index in [9.17, 15) is 19.2 Å². The number of hydrogen-bond acceptors (Lipinski definition) is 8. The Labute approximate surface area is 256 Å². The zero-order valence-corrected chi connectivity index (χ0v) is 26.2. The third-order valence-electron chi connectivity index (χ3n) is 5.99. The Bertz CT molecular complexity index is 1400. The average Bonchev–Trinajstić information content (AvgIpc) is 3.43. The quantitative estimate of drug-likeness (QED) is 0.228. The Balaban J connectivity index is 1.71. The number of anilines is 1. The number of nitrogens with one attached hydrogen (secondary N) is 3. The van der Waals surface area contributed by atoms with Crippen LogP contribution in [-0.2, 0) is 25.5 Å². The molecule has 0 aliphatic rings. The monoisotopic (exact) mass is 608 g/mol.